The van der Waals surface area contributed by atoms with Gasteiger partial charge in [-0.1, -0.05) is 17.7 Å². The van der Waals surface area contributed by atoms with E-state index in [9.17, 15) is 14.9 Å². The van der Waals surface area contributed by atoms with Crippen molar-refractivity contribution in [2.45, 2.75) is 0 Å². The standard InChI is InChI=1S/C10H11ClN2O3S/c1-17-6-5-12-10(14)7-3-2-4-8(9(7)11)13(15)16/h2-4H,5-6H2,1H3,(H,12,14). The summed E-state index contributed by atoms with van der Waals surface area (Å²) in [6.45, 7) is 0.499. The maximum Gasteiger partial charge on any atom is 0.288 e. The highest BCUT2D eigenvalue weighted by atomic mass is 35.5. The van der Waals surface area contributed by atoms with Crippen molar-refractivity contribution < 1.29 is 9.72 Å². The summed E-state index contributed by atoms with van der Waals surface area (Å²) in [6, 6.07) is 4.16. The summed E-state index contributed by atoms with van der Waals surface area (Å²) >= 11 is 7.40. The second kappa shape index (κ2) is 6.46. The molecule has 1 rings (SSSR count). The van der Waals surface area contributed by atoms with Gasteiger partial charge in [-0.15, -0.1) is 0 Å². The molecule has 0 fully saturated rings. The lowest BCUT2D eigenvalue weighted by Crippen LogP contribution is -2.26. The number of nitro groups is 1. The van der Waals surface area contributed by atoms with Crippen LogP contribution in [0.4, 0.5) is 5.69 Å². The van der Waals surface area contributed by atoms with E-state index in [2.05, 4.69) is 5.32 Å². The Bertz CT molecular complexity index is 440. The van der Waals surface area contributed by atoms with Gasteiger partial charge in [-0.3, -0.25) is 14.9 Å². The number of benzene rings is 1. The molecule has 7 heteroatoms. The fourth-order valence-electron chi connectivity index (χ4n) is 1.20. The second-order valence-corrected chi connectivity index (χ2v) is 4.51. The Labute approximate surface area is 108 Å². The van der Waals surface area contributed by atoms with Gasteiger partial charge in [0.05, 0.1) is 10.5 Å². The van der Waals surface area contributed by atoms with E-state index in [4.69, 9.17) is 11.6 Å². The van der Waals surface area contributed by atoms with Crippen molar-refractivity contribution in [1.29, 1.82) is 0 Å². The lowest BCUT2D eigenvalue weighted by Gasteiger charge is -2.05. The summed E-state index contributed by atoms with van der Waals surface area (Å²) in [5.41, 5.74) is -0.133. The minimum atomic E-state index is -0.610. The van der Waals surface area contributed by atoms with E-state index in [-0.39, 0.29) is 16.3 Å². The highest BCUT2D eigenvalue weighted by molar-refractivity contribution is 7.98. The first-order valence-corrected chi connectivity index (χ1v) is 6.55. The van der Waals surface area contributed by atoms with Gasteiger partial charge < -0.3 is 5.32 Å². The van der Waals surface area contributed by atoms with Crippen LogP contribution in [-0.4, -0.2) is 29.4 Å². The summed E-state index contributed by atoms with van der Waals surface area (Å²) in [7, 11) is 0. The van der Waals surface area contributed by atoms with Crippen LogP contribution < -0.4 is 5.32 Å². The van der Waals surface area contributed by atoms with Crippen LogP contribution in [0.2, 0.25) is 5.02 Å². The van der Waals surface area contributed by atoms with Crippen LogP contribution in [0.3, 0.4) is 0 Å². The summed E-state index contributed by atoms with van der Waals surface area (Å²) in [5.74, 6) is 0.380. The number of nitrogens with one attached hydrogen (secondary N) is 1. The van der Waals surface area contributed by atoms with Crippen LogP contribution >= 0.6 is 23.4 Å². The highest BCUT2D eigenvalue weighted by Crippen LogP contribution is 2.27. The minimum absolute atomic E-state index is 0.126. The Morgan fingerprint density at radius 2 is 2.29 bits per heavy atom. The van der Waals surface area contributed by atoms with Crippen LogP contribution in [0.25, 0.3) is 0 Å². The predicted molar refractivity (Wildman–Crippen MR) is 68.8 cm³/mol. The fraction of sp³-hybridized carbons (Fsp3) is 0.300. The first-order chi connectivity index (χ1) is 8.07. The topological polar surface area (TPSA) is 72.2 Å². The van der Waals surface area contributed by atoms with E-state index >= 15 is 0 Å². The Hall–Kier alpha value is -1.27. The van der Waals surface area contributed by atoms with Gasteiger partial charge in [0.25, 0.3) is 11.6 Å². The Balaban J connectivity index is 2.87. The molecule has 0 aliphatic heterocycles. The number of carbonyl (C=O) groups excluding carboxylic acids is 1. The molecule has 0 unspecified atom stereocenters. The largest absolute Gasteiger partial charge is 0.351 e. The van der Waals surface area contributed by atoms with E-state index in [1.54, 1.807) is 11.8 Å². The van der Waals surface area contributed by atoms with Crippen LogP contribution in [0.5, 0.6) is 0 Å². The number of rotatable bonds is 5. The quantitative estimate of drug-likeness (QED) is 0.508. The number of hydrogen-bond acceptors (Lipinski definition) is 4. The molecule has 0 radical (unpaired) electrons. The smallest absolute Gasteiger partial charge is 0.288 e. The number of nitrogens with zero attached hydrogens (tertiary/aromatic N) is 1. The summed E-state index contributed by atoms with van der Waals surface area (Å²) in [5, 5.41) is 13.2. The van der Waals surface area contributed by atoms with Crippen LogP contribution in [0, 0.1) is 10.1 Å². The zero-order chi connectivity index (χ0) is 12.8. The molecule has 5 nitrogen and oxygen atoms in total. The van der Waals surface area contributed by atoms with E-state index < -0.39 is 10.8 Å². The van der Waals surface area contributed by atoms with Crippen molar-refractivity contribution in [1.82, 2.24) is 5.32 Å². The van der Waals surface area contributed by atoms with Gasteiger partial charge in [0.2, 0.25) is 0 Å². The number of halogens is 1. The average Bonchev–Trinajstić information content (AvgIpc) is 2.29. The predicted octanol–water partition coefficient (Wildman–Crippen LogP) is 2.34. The third-order valence-electron chi connectivity index (χ3n) is 2.01. The van der Waals surface area contributed by atoms with E-state index in [0.29, 0.717) is 6.54 Å². The first-order valence-electron chi connectivity index (χ1n) is 4.78. The van der Waals surface area contributed by atoms with Gasteiger partial charge in [0.1, 0.15) is 5.02 Å². The van der Waals surface area contributed by atoms with Gasteiger partial charge in [0.15, 0.2) is 0 Å². The SMILES string of the molecule is CSCCNC(=O)c1cccc([N+](=O)[O-])c1Cl. The number of hydrogen-bond donors (Lipinski definition) is 1. The highest BCUT2D eigenvalue weighted by Gasteiger charge is 2.19. The van der Waals surface area contributed by atoms with E-state index in [1.807, 2.05) is 6.26 Å². The molecule has 1 N–H and O–H groups in total. The molecule has 0 heterocycles. The zero-order valence-corrected chi connectivity index (χ0v) is 10.7. The molecule has 92 valence electrons. The Morgan fingerprint density at radius 1 is 1.59 bits per heavy atom. The molecule has 0 aliphatic carbocycles. The molecule has 0 saturated heterocycles. The molecule has 1 aromatic carbocycles. The number of thioether (sulfide) groups is 1. The minimum Gasteiger partial charge on any atom is -0.351 e. The normalized spacial score (nSPS) is 10.0. The van der Waals surface area contributed by atoms with Crippen LogP contribution in [-0.2, 0) is 0 Å². The van der Waals surface area contributed by atoms with Crippen molar-refractivity contribution in [2.75, 3.05) is 18.6 Å². The Kier molecular flexibility index (Phi) is 5.24. The van der Waals surface area contributed by atoms with Crippen LogP contribution in [0.15, 0.2) is 18.2 Å². The number of carbonyl (C=O) groups is 1. The molecule has 17 heavy (non-hydrogen) atoms. The molecular formula is C10H11ClN2O3S. The van der Waals surface area contributed by atoms with Gasteiger partial charge >= 0.3 is 0 Å². The maximum absolute atomic E-state index is 11.7. The molecule has 0 aliphatic rings. The molecule has 1 amide bonds. The van der Waals surface area contributed by atoms with Gasteiger partial charge in [0, 0.05) is 18.4 Å². The molecular weight excluding hydrogens is 264 g/mol. The second-order valence-electron chi connectivity index (χ2n) is 3.14. The van der Waals surface area contributed by atoms with Gasteiger partial charge in [-0.05, 0) is 12.3 Å². The van der Waals surface area contributed by atoms with Gasteiger partial charge in [-0.2, -0.15) is 11.8 Å². The summed E-state index contributed by atoms with van der Waals surface area (Å²) in [6.07, 6.45) is 1.92. The lowest BCUT2D eigenvalue weighted by atomic mass is 10.2. The fourth-order valence-corrected chi connectivity index (χ4v) is 1.79. The zero-order valence-electron chi connectivity index (χ0n) is 9.10. The van der Waals surface area contributed by atoms with Crippen molar-refractivity contribution in [3.05, 3.63) is 38.9 Å². The third-order valence-corrected chi connectivity index (χ3v) is 3.02. The molecule has 1 aromatic rings. The van der Waals surface area contributed by atoms with Crippen LogP contribution in [0.1, 0.15) is 10.4 Å². The molecule has 0 aromatic heterocycles. The first kappa shape index (κ1) is 13.8. The molecule has 0 saturated carbocycles. The van der Waals surface area contributed by atoms with Crippen molar-refractivity contribution in [3.63, 3.8) is 0 Å². The molecule has 0 atom stereocenters. The lowest BCUT2D eigenvalue weighted by molar-refractivity contribution is -0.384. The van der Waals surface area contributed by atoms with E-state index in [0.717, 1.165) is 5.75 Å². The number of nitro benzene ring substituents is 1. The number of amides is 1. The van der Waals surface area contributed by atoms with Crippen molar-refractivity contribution in [3.8, 4) is 0 Å². The van der Waals surface area contributed by atoms with E-state index in [1.165, 1.54) is 18.2 Å². The summed E-state index contributed by atoms with van der Waals surface area (Å²) in [4.78, 5) is 21.7. The van der Waals surface area contributed by atoms with Crippen molar-refractivity contribution in [2.24, 2.45) is 0 Å². The molecule has 0 spiro atoms. The monoisotopic (exact) mass is 274 g/mol. The third kappa shape index (κ3) is 3.61. The van der Waals surface area contributed by atoms with Gasteiger partial charge in [-0.25, -0.2) is 0 Å². The summed E-state index contributed by atoms with van der Waals surface area (Å²) < 4.78 is 0. The Morgan fingerprint density at radius 3 is 2.88 bits per heavy atom. The van der Waals surface area contributed by atoms with Crippen molar-refractivity contribution >= 4 is 35.0 Å². The molecule has 0 bridgehead atoms. The average molecular weight is 275 g/mol. The maximum atomic E-state index is 11.7.